The van der Waals surface area contributed by atoms with Crippen LogP contribution in [0, 0.1) is 12.8 Å². The van der Waals surface area contributed by atoms with Gasteiger partial charge in [-0.15, -0.1) is 0 Å². The first-order chi connectivity index (χ1) is 7.74. The van der Waals surface area contributed by atoms with Gasteiger partial charge in [0.25, 0.3) is 0 Å². The van der Waals surface area contributed by atoms with Crippen molar-refractivity contribution < 1.29 is 4.79 Å². The Morgan fingerprint density at radius 3 is 3.25 bits per heavy atom. The molecule has 1 aliphatic rings. The monoisotopic (exact) mass is 219 g/mol. The maximum atomic E-state index is 11.7. The molecule has 1 atom stereocenters. The number of aromatic nitrogens is 1. The van der Waals surface area contributed by atoms with Crippen LogP contribution in [0.3, 0.4) is 0 Å². The Morgan fingerprint density at radius 1 is 1.69 bits per heavy atom. The first kappa shape index (κ1) is 11.1. The minimum atomic E-state index is 0.0966. The molecule has 86 valence electrons. The van der Waals surface area contributed by atoms with Crippen molar-refractivity contribution in [3.05, 3.63) is 24.0 Å². The molecule has 2 rings (SSSR count). The Labute approximate surface area is 95.5 Å². The number of nitrogens with zero attached hydrogens (tertiary/aromatic N) is 1. The normalized spacial score (nSPS) is 19.7. The molecule has 0 aromatic carbocycles. The van der Waals surface area contributed by atoms with Crippen LogP contribution in [0.4, 0.5) is 5.69 Å². The lowest BCUT2D eigenvalue weighted by molar-refractivity contribution is -0.116. The molecule has 4 heteroatoms. The fraction of sp³-hybridized carbons (Fsp3) is 0.500. The van der Waals surface area contributed by atoms with E-state index in [1.54, 1.807) is 6.20 Å². The minimum absolute atomic E-state index is 0.0966. The van der Waals surface area contributed by atoms with Crippen molar-refractivity contribution in [1.29, 1.82) is 0 Å². The summed E-state index contributed by atoms with van der Waals surface area (Å²) < 4.78 is 0. The van der Waals surface area contributed by atoms with Gasteiger partial charge in [-0.25, -0.2) is 0 Å². The Kier molecular flexibility index (Phi) is 3.51. The summed E-state index contributed by atoms with van der Waals surface area (Å²) in [4.78, 5) is 15.8. The lowest BCUT2D eigenvalue weighted by Crippen LogP contribution is -2.18. The van der Waals surface area contributed by atoms with E-state index < -0.39 is 0 Å². The second kappa shape index (κ2) is 5.07. The summed E-state index contributed by atoms with van der Waals surface area (Å²) in [6.45, 7) is 3.91. The van der Waals surface area contributed by atoms with Crippen LogP contribution in [-0.4, -0.2) is 24.0 Å². The average molecular weight is 219 g/mol. The van der Waals surface area contributed by atoms with E-state index in [1.807, 2.05) is 19.1 Å². The number of anilines is 1. The number of hydrogen-bond donors (Lipinski definition) is 2. The van der Waals surface area contributed by atoms with Crippen LogP contribution < -0.4 is 10.6 Å². The maximum absolute atomic E-state index is 11.7. The molecule has 0 saturated carbocycles. The highest BCUT2D eigenvalue weighted by atomic mass is 16.1. The molecule has 16 heavy (non-hydrogen) atoms. The summed E-state index contributed by atoms with van der Waals surface area (Å²) >= 11 is 0. The molecule has 1 saturated heterocycles. The molecule has 1 aromatic heterocycles. The summed E-state index contributed by atoms with van der Waals surface area (Å²) in [5, 5.41) is 6.16. The van der Waals surface area contributed by atoms with Crippen LogP contribution in [0.25, 0.3) is 0 Å². The number of aryl methyl sites for hydroxylation is 1. The molecule has 0 spiro atoms. The Hall–Kier alpha value is -1.42. The number of rotatable bonds is 3. The van der Waals surface area contributed by atoms with E-state index in [-0.39, 0.29) is 5.91 Å². The summed E-state index contributed by atoms with van der Waals surface area (Å²) in [5.74, 6) is 0.585. The third-order valence-electron chi connectivity index (χ3n) is 2.82. The van der Waals surface area contributed by atoms with Crippen LogP contribution in [0.15, 0.2) is 18.3 Å². The third-order valence-corrected chi connectivity index (χ3v) is 2.82. The maximum Gasteiger partial charge on any atom is 0.224 e. The summed E-state index contributed by atoms with van der Waals surface area (Å²) in [6, 6.07) is 3.70. The quantitative estimate of drug-likeness (QED) is 0.806. The standard InChI is InChI=1S/C12H17N3O/c1-9-6-11(3-5-14-9)15-12(16)7-10-2-4-13-8-10/h3,5-6,10,13H,2,4,7-8H2,1H3,(H,14,15,16). The van der Waals surface area contributed by atoms with E-state index in [2.05, 4.69) is 15.6 Å². The van der Waals surface area contributed by atoms with Gasteiger partial charge in [0.05, 0.1) is 0 Å². The van der Waals surface area contributed by atoms with Crippen molar-refractivity contribution in [2.45, 2.75) is 19.8 Å². The van der Waals surface area contributed by atoms with Gasteiger partial charge in [0.1, 0.15) is 0 Å². The van der Waals surface area contributed by atoms with E-state index in [4.69, 9.17) is 0 Å². The molecule has 0 aliphatic carbocycles. The SMILES string of the molecule is Cc1cc(NC(=O)CC2CCNC2)ccn1. The van der Waals surface area contributed by atoms with Gasteiger partial charge in [0.15, 0.2) is 0 Å². The van der Waals surface area contributed by atoms with Crippen LogP contribution in [0.2, 0.25) is 0 Å². The lowest BCUT2D eigenvalue weighted by Gasteiger charge is -2.09. The minimum Gasteiger partial charge on any atom is -0.326 e. The van der Waals surface area contributed by atoms with Gasteiger partial charge in [-0.05, 0) is 44.5 Å². The fourth-order valence-corrected chi connectivity index (χ4v) is 1.99. The number of carbonyl (C=O) groups is 1. The Morgan fingerprint density at radius 2 is 2.56 bits per heavy atom. The lowest BCUT2D eigenvalue weighted by atomic mass is 10.0. The van der Waals surface area contributed by atoms with Gasteiger partial charge in [-0.3, -0.25) is 9.78 Å². The summed E-state index contributed by atoms with van der Waals surface area (Å²) in [7, 11) is 0. The van der Waals surface area contributed by atoms with Crippen LogP contribution >= 0.6 is 0 Å². The smallest absolute Gasteiger partial charge is 0.224 e. The molecule has 4 nitrogen and oxygen atoms in total. The molecule has 2 N–H and O–H groups in total. The summed E-state index contributed by atoms with van der Waals surface area (Å²) in [6.07, 6.45) is 3.42. The highest BCUT2D eigenvalue weighted by Crippen LogP contribution is 2.14. The molecule has 2 heterocycles. The van der Waals surface area contributed by atoms with Gasteiger partial charge < -0.3 is 10.6 Å². The zero-order chi connectivity index (χ0) is 11.4. The number of carbonyl (C=O) groups excluding carboxylic acids is 1. The van der Waals surface area contributed by atoms with Crippen molar-refractivity contribution in [2.75, 3.05) is 18.4 Å². The summed E-state index contributed by atoms with van der Waals surface area (Å²) in [5.41, 5.74) is 1.75. The number of pyridine rings is 1. The van der Waals surface area contributed by atoms with E-state index in [0.717, 1.165) is 30.9 Å². The Balaban J connectivity index is 1.86. The number of amides is 1. The van der Waals surface area contributed by atoms with Crippen molar-refractivity contribution in [2.24, 2.45) is 5.92 Å². The van der Waals surface area contributed by atoms with Gasteiger partial charge in [-0.1, -0.05) is 0 Å². The zero-order valence-corrected chi connectivity index (χ0v) is 9.49. The second-order valence-corrected chi connectivity index (χ2v) is 4.30. The second-order valence-electron chi connectivity index (χ2n) is 4.30. The number of nitrogens with one attached hydrogen (secondary N) is 2. The van der Waals surface area contributed by atoms with Crippen molar-refractivity contribution in [3.63, 3.8) is 0 Å². The van der Waals surface area contributed by atoms with Crippen LogP contribution in [-0.2, 0) is 4.79 Å². The molecule has 1 aliphatic heterocycles. The molecular weight excluding hydrogens is 202 g/mol. The van der Waals surface area contributed by atoms with E-state index in [9.17, 15) is 4.79 Å². The molecule has 1 amide bonds. The molecule has 0 bridgehead atoms. The third kappa shape index (κ3) is 3.03. The van der Waals surface area contributed by atoms with E-state index in [0.29, 0.717) is 12.3 Å². The first-order valence-electron chi connectivity index (χ1n) is 5.67. The largest absolute Gasteiger partial charge is 0.326 e. The predicted octanol–water partition coefficient (Wildman–Crippen LogP) is 1.33. The van der Waals surface area contributed by atoms with Gasteiger partial charge >= 0.3 is 0 Å². The molecule has 1 fully saturated rings. The predicted molar refractivity (Wildman–Crippen MR) is 63.2 cm³/mol. The molecule has 1 aromatic rings. The zero-order valence-electron chi connectivity index (χ0n) is 9.49. The topological polar surface area (TPSA) is 54.0 Å². The highest BCUT2D eigenvalue weighted by Gasteiger charge is 2.17. The highest BCUT2D eigenvalue weighted by molar-refractivity contribution is 5.90. The van der Waals surface area contributed by atoms with Crippen LogP contribution in [0.1, 0.15) is 18.5 Å². The average Bonchev–Trinajstić information content (AvgIpc) is 2.70. The molecule has 0 radical (unpaired) electrons. The number of hydrogen-bond acceptors (Lipinski definition) is 3. The van der Waals surface area contributed by atoms with E-state index >= 15 is 0 Å². The molecule has 1 unspecified atom stereocenters. The first-order valence-corrected chi connectivity index (χ1v) is 5.67. The van der Waals surface area contributed by atoms with Gasteiger partial charge in [0.2, 0.25) is 5.91 Å². The fourth-order valence-electron chi connectivity index (χ4n) is 1.99. The van der Waals surface area contributed by atoms with Gasteiger partial charge in [-0.2, -0.15) is 0 Å². The van der Waals surface area contributed by atoms with Gasteiger partial charge in [0, 0.05) is 24.0 Å². The van der Waals surface area contributed by atoms with Crippen molar-refractivity contribution >= 4 is 11.6 Å². The van der Waals surface area contributed by atoms with Crippen molar-refractivity contribution in [3.8, 4) is 0 Å². The molecular formula is C12H17N3O. The van der Waals surface area contributed by atoms with E-state index in [1.165, 1.54) is 0 Å². The van der Waals surface area contributed by atoms with Crippen LogP contribution in [0.5, 0.6) is 0 Å². The van der Waals surface area contributed by atoms with Crippen molar-refractivity contribution in [1.82, 2.24) is 10.3 Å². The Bertz CT molecular complexity index is 372.